The van der Waals surface area contributed by atoms with E-state index >= 15 is 0 Å². The lowest BCUT2D eigenvalue weighted by atomic mass is 9.91. The molecule has 3 rings (SSSR count). The molecule has 0 spiro atoms. The van der Waals surface area contributed by atoms with Crippen LogP contribution in [0.5, 0.6) is 0 Å². The van der Waals surface area contributed by atoms with Crippen molar-refractivity contribution in [2.45, 2.75) is 63.3 Å². The molecule has 2 aliphatic rings. The molecule has 94 valence electrons. The van der Waals surface area contributed by atoms with Crippen molar-refractivity contribution in [2.24, 2.45) is 0 Å². The Labute approximate surface area is 102 Å². The van der Waals surface area contributed by atoms with E-state index in [2.05, 4.69) is 4.90 Å². The fourth-order valence-corrected chi connectivity index (χ4v) is 2.98. The highest BCUT2D eigenvalue weighted by molar-refractivity contribution is 5.02. The van der Waals surface area contributed by atoms with E-state index in [0.717, 1.165) is 25.1 Å². The third kappa shape index (κ3) is 2.55. The minimum atomic E-state index is -0.140. The molecule has 3 nitrogen and oxygen atoms in total. The summed E-state index contributed by atoms with van der Waals surface area (Å²) in [7, 11) is 0. The van der Waals surface area contributed by atoms with Crippen LogP contribution in [-0.2, 0) is 6.54 Å². The first-order valence-electron chi connectivity index (χ1n) is 6.81. The van der Waals surface area contributed by atoms with Gasteiger partial charge in [-0.05, 0) is 37.8 Å². The minimum absolute atomic E-state index is 0.140. The maximum absolute atomic E-state index is 10.2. The predicted molar refractivity (Wildman–Crippen MR) is 65.5 cm³/mol. The molecule has 1 aromatic heterocycles. The summed E-state index contributed by atoms with van der Waals surface area (Å²) in [6.45, 7) is 0.861. The average Bonchev–Trinajstić information content (AvgIpc) is 3.05. The van der Waals surface area contributed by atoms with E-state index in [-0.39, 0.29) is 6.10 Å². The molecule has 1 aromatic rings. The van der Waals surface area contributed by atoms with Crippen molar-refractivity contribution in [2.75, 3.05) is 0 Å². The van der Waals surface area contributed by atoms with E-state index in [4.69, 9.17) is 4.42 Å². The molecule has 0 aliphatic heterocycles. The summed E-state index contributed by atoms with van der Waals surface area (Å²) in [5, 5.41) is 10.2. The Hall–Kier alpha value is -0.800. The molecular weight excluding hydrogens is 214 g/mol. The Kier molecular flexibility index (Phi) is 3.21. The van der Waals surface area contributed by atoms with Gasteiger partial charge in [-0.25, -0.2) is 0 Å². The summed E-state index contributed by atoms with van der Waals surface area (Å²) in [5.41, 5.74) is 0. The van der Waals surface area contributed by atoms with Crippen molar-refractivity contribution in [1.29, 1.82) is 0 Å². The lowest BCUT2D eigenvalue weighted by Crippen LogP contribution is -2.46. The van der Waals surface area contributed by atoms with Gasteiger partial charge >= 0.3 is 0 Å². The Morgan fingerprint density at radius 1 is 1.24 bits per heavy atom. The number of furan rings is 1. The van der Waals surface area contributed by atoms with Gasteiger partial charge in [-0.2, -0.15) is 0 Å². The van der Waals surface area contributed by atoms with Gasteiger partial charge in [0.2, 0.25) is 0 Å². The van der Waals surface area contributed by atoms with Gasteiger partial charge in [0.15, 0.2) is 0 Å². The molecule has 1 N–H and O–H groups in total. The van der Waals surface area contributed by atoms with E-state index in [1.807, 2.05) is 12.1 Å². The summed E-state index contributed by atoms with van der Waals surface area (Å²) in [6, 6.07) is 5.00. The van der Waals surface area contributed by atoms with Crippen LogP contribution in [0.4, 0.5) is 0 Å². The van der Waals surface area contributed by atoms with Crippen LogP contribution in [0, 0.1) is 0 Å². The second-order valence-corrected chi connectivity index (χ2v) is 5.40. The van der Waals surface area contributed by atoms with Gasteiger partial charge in [0, 0.05) is 12.1 Å². The normalized spacial score (nSPS) is 29.8. The molecule has 2 saturated carbocycles. The third-order valence-corrected chi connectivity index (χ3v) is 4.05. The maximum Gasteiger partial charge on any atom is 0.117 e. The minimum Gasteiger partial charge on any atom is -0.468 e. The van der Waals surface area contributed by atoms with Crippen LogP contribution in [0.3, 0.4) is 0 Å². The van der Waals surface area contributed by atoms with E-state index in [0.29, 0.717) is 12.1 Å². The number of nitrogens with zero attached hydrogens (tertiary/aromatic N) is 1. The van der Waals surface area contributed by atoms with Gasteiger partial charge in [0.1, 0.15) is 5.76 Å². The van der Waals surface area contributed by atoms with Gasteiger partial charge in [-0.1, -0.05) is 12.8 Å². The predicted octanol–water partition coefficient (Wildman–Crippen LogP) is 2.55. The summed E-state index contributed by atoms with van der Waals surface area (Å²) >= 11 is 0. The van der Waals surface area contributed by atoms with E-state index < -0.39 is 0 Å². The fourth-order valence-electron chi connectivity index (χ4n) is 2.98. The molecule has 0 amide bonds. The molecular formula is C14H21NO2. The summed E-state index contributed by atoms with van der Waals surface area (Å²) in [4.78, 5) is 2.47. The summed E-state index contributed by atoms with van der Waals surface area (Å²) in [5.74, 6) is 1.02. The van der Waals surface area contributed by atoms with Crippen LogP contribution in [0.25, 0.3) is 0 Å². The highest BCUT2D eigenvalue weighted by Gasteiger charge is 2.38. The molecule has 2 unspecified atom stereocenters. The van der Waals surface area contributed by atoms with Crippen LogP contribution in [0.15, 0.2) is 22.8 Å². The molecule has 0 saturated heterocycles. The van der Waals surface area contributed by atoms with Gasteiger partial charge < -0.3 is 9.52 Å². The number of hydrogen-bond donors (Lipinski definition) is 1. The highest BCUT2D eigenvalue weighted by Crippen LogP contribution is 2.35. The third-order valence-electron chi connectivity index (χ3n) is 4.05. The number of hydrogen-bond acceptors (Lipinski definition) is 3. The van der Waals surface area contributed by atoms with E-state index in [1.165, 1.54) is 25.7 Å². The molecule has 1 heterocycles. The van der Waals surface area contributed by atoms with Crippen LogP contribution >= 0.6 is 0 Å². The molecule has 3 heteroatoms. The van der Waals surface area contributed by atoms with Crippen LogP contribution < -0.4 is 0 Å². The van der Waals surface area contributed by atoms with Crippen molar-refractivity contribution in [3.8, 4) is 0 Å². The Bertz CT molecular complexity index is 345. The zero-order chi connectivity index (χ0) is 11.7. The molecule has 0 bridgehead atoms. The van der Waals surface area contributed by atoms with E-state index in [1.54, 1.807) is 6.26 Å². The van der Waals surface area contributed by atoms with E-state index in [9.17, 15) is 5.11 Å². The largest absolute Gasteiger partial charge is 0.468 e. The van der Waals surface area contributed by atoms with Gasteiger partial charge in [-0.3, -0.25) is 4.90 Å². The smallest absolute Gasteiger partial charge is 0.117 e. The fraction of sp³-hybridized carbons (Fsp3) is 0.714. The molecule has 17 heavy (non-hydrogen) atoms. The van der Waals surface area contributed by atoms with Crippen molar-refractivity contribution in [3.05, 3.63) is 24.2 Å². The quantitative estimate of drug-likeness (QED) is 0.871. The van der Waals surface area contributed by atoms with Crippen molar-refractivity contribution in [1.82, 2.24) is 4.90 Å². The van der Waals surface area contributed by atoms with Crippen LogP contribution in [0.2, 0.25) is 0 Å². The number of rotatable bonds is 4. The summed E-state index contributed by atoms with van der Waals surface area (Å²) < 4.78 is 5.44. The Morgan fingerprint density at radius 2 is 2.06 bits per heavy atom. The Balaban J connectivity index is 1.70. The lowest BCUT2D eigenvalue weighted by molar-refractivity contribution is 0.00833. The standard InChI is InChI=1S/C14H21NO2/c16-14-6-2-1-5-13(14)15(11-7-8-11)10-12-4-3-9-17-12/h3-4,9,11,13-14,16H,1-2,5-8,10H2. The van der Waals surface area contributed by atoms with Crippen molar-refractivity contribution in [3.63, 3.8) is 0 Å². The molecule has 2 aliphatic carbocycles. The second-order valence-electron chi connectivity index (χ2n) is 5.40. The van der Waals surface area contributed by atoms with Gasteiger partial charge in [-0.15, -0.1) is 0 Å². The molecule has 0 radical (unpaired) electrons. The first kappa shape index (κ1) is 11.3. The zero-order valence-electron chi connectivity index (χ0n) is 10.2. The van der Waals surface area contributed by atoms with Gasteiger partial charge in [0.25, 0.3) is 0 Å². The molecule has 0 aromatic carbocycles. The SMILES string of the molecule is OC1CCCCC1N(Cc1ccco1)C1CC1. The first-order chi connectivity index (χ1) is 8.34. The van der Waals surface area contributed by atoms with Crippen molar-refractivity contribution >= 4 is 0 Å². The number of aliphatic hydroxyl groups is 1. The Morgan fingerprint density at radius 3 is 2.71 bits per heavy atom. The topological polar surface area (TPSA) is 36.6 Å². The summed E-state index contributed by atoms with van der Waals surface area (Å²) in [6.07, 6.45) is 8.69. The lowest BCUT2D eigenvalue weighted by Gasteiger charge is -2.37. The highest BCUT2D eigenvalue weighted by atomic mass is 16.3. The first-order valence-corrected chi connectivity index (χ1v) is 6.81. The van der Waals surface area contributed by atoms with Crippen LogP contribution in [-0.4, -0.2) is 28.2 Å². The molecule has 2 fully saturated rings. The van der Waals surface area contributed by atoms with Gasteiger partial charge in [0.05, 0.1) is 18.9 Å². The van der Waals surface area contributed by atoms with Crippen LogP contribution in [0.1, 0.15) is 44.3 Å². The molecule has 2 atom stereocenters. The van der Waals surface area contributed by atoms with Crippen molar-refractivity contribution < 1.29 is 9.52 Å². The monoisotopic (exact) mass is 235 g/mol. The second kappa shape index (κ2) is 4.83. The maximum atomic E-state index is 10.2. The zero-order valence-corrected chi connectivity index (χ0v) is 10.2. The number of aliphatic hydroxyl groups excluding tert-OH is 1. The average molecular weight is 235 g/mol.